The maximum atomic E-state index is 2.41. The predicted octanol–water partition coefficient (Wildman–Crippen LogP) is 17.5. The zero-order valence-corrected chi connectivity index (χ0v) is 37.0. The van der Waals surface area contributed by atoms with Gasteiger partial charge in [-0.3, -0.25) is 0 Å². The SMILES string of the molecule is c1ccc(-c2ccc(N(c3ccc(-c4ccc(N(c5ccccc5)c5cccc6ccccc56)cc4)cc3)c3cccc(C4(c5ccccc5)c5ccccc5-c5ccccc54)c3)cc2)cc1. The third kappa shape index (κ3) is 6.99. The summed E-state index contributed by atoms with van der Waals surface area (Å²) in [5.41, 5.74) is 18.5. The first-order valence-electron chi connectivity index (χ1n) is 23.1. The van der Waals surface area contributed by atoms with Crippen LogP contribution in [0, 0.1) is 0 Å². The molecule has 0 bridgehead atoms. The molecule has 0 aliphatic heterocycles. The summed E-state index contributed by atoms with van der Waals surface area (Å²) < 4.78 is 0. The van der Waals surface area contributed by atoms with E-state index in [4.69, 9.17) is 0 Å². The Labute approximate surface area is 393 Å². The lowest BCUT2D eigenvalue weighted by molar-refractivity contribution is 0.768. The molecule has 11 aromatic carbocycles. The van der Waals surface area contributed by atoms with Crippen LogP contribution < -0.4 is 9.80 Å². The van der Waals surface area contributed by atoms with Crippen LogP contribution in [0.5, 0.6) is 0 Å². The van der Waals surface area contributed by atoms with Crippen LogP contribution in [0.3, 0.4) is 0 Å². The van der Waals surface area contributed by atoms with Crippen molar-refractivity contribution in [1.82, 2.24) is 0 Å². The Morgan fingerprint density at radius 2 is 0.657 bits per heavy atom. The molecule has 0 saturated heterocycles. The molecular formula is C65H46N2. The first kappa shape index (κ1) is 39.8. The fourth-order valence-corrected chi connectivity index (χ4v) is 10.5. The first-order chi connectivity index (χ1) is 33.2. The largest absolute Gasteiger partial charge is 0.310 e. The molecule has 2 heteroatoms. The van der Waals surface area contributed by atoms with Crippen molar-refractivity contribution in [2.75, 3.05) is 9.80 Å². The van der Waals surface area contributed by atoms with Gasteiger partial charge in [0.1, 0.15) is 0 Å². The molecule has 12 rings (SSSR count). The van der Waals surface area contributed by atoms with Gasteiger partial charge in [-0.1, -0.05) is 212 Å². The van der Waals surface area contributed by atoms with Gasteiger partial charge in [0.2, 0.25) is 0 Å². The van der Waals surface area contributed by atoms with Gasteiger partial charge in [0, 0.05) is 33.8 Å². The summed E-state index contributed by atoms with van der Waals surface area (Å²) in [6.45, 7) is 0. The number of para-hydroxylation sites is 1. The number of fused-ring (bicyclic) bond motifs is 4. The van der Waals surface area contributed by atoms with Crippen molar-refractivity contribution in [3.05, 3.63) is 301 Å². The second kappa shape index (κ2) is 17.0. The van der Waals surface area contributed by atoms with E-state index in [-0.39, 0.29) is 0 Å². The van der Waals surface area contributed by atoms with E-state index in [1.54, 1.807) is 0 Å². The van der Waals surface area contributed by atoms with Gasteiger partial charge >= 0.3 is 0 Å². The Morgan fingerprint density at radius 1 is 0.254 bits per heavy atom. The van der Waals surface area contributed by atoms with E-state index in [2.05, 4.69) is 289 Å². The molecule has 0 spiro atoms. The van der Waals surface area contributed by atoms with Crippen LogP contribution in [0.4, 0.5) is 34.1 Å². The summed E-state index contributed by atoms with van der Waals surface area (Å²) in [4.78, 5) is 4.76. The molecule has 0 atom stereocenters. The molecule has 0 radical (unpaired) electrons. The van der Waals surface area contributed by atoms with E-state index < -0.39 is 5.41 Å². The van der Waals surface area contributed by atoms with Crippen molar-refractivity contribution in [3.8, 4) is 33.4 Å². The molecule has 1 aliphatic rings. The minimum atomic E-state index is -0.507. The standard InChI is InChI=1S/C65H46N2/c1-4-18-47(19-5-1)48-34-40-55(41-35-48)66(58-27-17-24-53(46-58)65(52-22-6-2-7-23-52)62-31-14-12-29-60(62)61-30-13-15-32-63(61)65)56-42-36-49(37-43-56)50-38-44-57(45-39-50)67(54-25-8-3-9-26-54)64-33-16-21-51-20-10-11-28-59(51)64/h1-46H. The number of nitrogens with zero attached hydrogens (tertiary/aromatic N) is 2. The molecule has 11 aromatic rings. The van der Waals surface area contributed by atoms with Gasteiger partial charge in [0.15, 0.2) is 0 Å². The van der Waals surface area contributed by atoms with Crippen LogP contribution in [-0.2, 0) is 5.41 Å². The fraction of sp³-hybridized carbons (Fsp3) is 0.0154. The number of benzene rings is 11. The van der Waals surface area contributed by atoms with Crippen LogP contribution in [0.25, 0.3) is 44.2 Å². The van der Waals surface area contributed by atoms with Gasteiger partial charge in [0.25, 0.3) is 0 Å². The van der Waals surface area contributed by atoms with Crippen LogP contribution in [0.1, 0.15) is 22.3 Å². The van der Waals surface area contributed by atoms with Crippen LogP contribution in [0.2, 0.25) is 0 Å². The molecule has 1 aliphatic carbocycles. The highest BCUT2D eigenvalue weighted by Gasteiger charge is 2.46. The Hall–Kier alpha value is -8.72. The number of rotatable bonds is 10. The Balaban J connectivity index is 0.954. The van der Waals surface area contributed by atoms with E-state index in [1.165, 1.54) is 55.3 Å². The minimum Gasteiger partial charge on any atom is -0.310 e. The lowest BCUT2D eigenvalue weighted by Crippen LogP contribution is -2.28. The second-order valence-electron chi connectivity index (χ2n) is 17.3. The molecule has 0 unspecified atom stereocenters. The molecule has 2 nitrogen and oxygen atoms in total. The zero-order valence-electron chi connectivity index (χ0n) is 37.0. The molecule has 67 heavy (non-hydrogen) atoms. The molecule has 0 saturated carbocycles. The first-order valence-corrected chi connectivity index (χ1v) is 23.1. The van der Waals surface area contributed by atoms with Crippen molar-refractivity contribution in [2.45, 2.75) is 5.41 Å². The van der Waals surface area contributed by atoms with Gasteiger partial charge in [-0.05, 0) is 128 Å². The summed E-state index contributed by atoms with van der Waals surface area (Å²) >= 11 is 0. The molecular weight excluding hydrogens is 809 g/mol. The highest BCUT2D eigenvalue weighted by atomic mass is 15.1. The van der Waals surface area contributed by atoms with Crippen molar-refractivity contribution in [2.24, 2.45) is 0 Å². The van der Waals surface area contributed by atoms with E-state index in [1.807, 2.05) is 0 Å². The normalized spacial score (nSPS) is 12.3. The summed E-state index contributed by atoms with van der Waals surface area (Å²) in [7, 11) is 0. The Kier molecular flexibility index (Phi) is 10.1. The second-order valence-corrected chi connectivity index (χ2v) is 17.3. The molecule has 0 fully saturated rings. The highest BCUT2D eigenvalue weighted by Crippen LogP contribution is 2.56. The lowest BCUT2D eigenvalue weighted by atomic mass is 9.67. The third-order valence-corrected chi connectivity index (χ3v) is 13.5. The van der Waals surface area contributed by atoms with E-state index >= 15 is 0 Å². The van der Waals surface area contributed by atoms with Crippen molar-refractivity contribution >= 4 is 44.9 Å². The van der Waals surface area contributed by atoms with Gasteiger partial charge in [-0.2, -0.15) is 0 Å². The molecule has 0 amide bonds. The van der Waals surface area contributed by atoms with Crippen molar-refractivity contribution in [3.63, 3.8) is 0 Å². The molecule has 0 heterocycles. The average molecular weight is 855 g/mol. The highest BCUT2D eigenvalue weighted by molar-refractivity contribution is 5.99. The van der Waals surface area contributed by atoms with Gasteiger partial charge in [-0.25, -0.2) is 0 Å². The van der Waals surface area contributed by atoms with Crippen LogP contribution in [0.15, 0.2) is 279 Å². The maximum Gasteiger partial charge on any atom is 0.0714 e. The Bertz CT molecular complexity index is 3440. The van der Waals surface area contributed by atoms with Gasteiger partial charge in [0.05, 0.1) is 11.1 Å². The van der Waals surface area contributed by atoms with Crippen molar-refractivity contribution in [1.29, 1.82) is 0 Å². The van der Waals surface area contributed by atoms with Crippen LogP contribution in [-0.4, -0.2) is 0 Å². The van der Waals surface area contributed by atoms with E-state index in [9.17, 15) is 0 Å². The van der Waals surface area contributed by atoms with E-state index in [0.29, 0.717) is 0 Å². The van der Waals surface area contributed by atoms with Crippen LogP contribution >= 0.6 is 0 Å². The van der Waals surface area contributed by atoms with Gasteiger partial charge < -0.3 is 9.80 Å². The van der Waals surface area contributed by atoms with E-state index in [0.717, 1.165) is 45.3 Å². The smallest absolute Gasteiger partial charge is 0.0714 e. The monoisotopic (exact) mass is 854 g/mol. The summed E-state index contributed by atoms with van der Waals surface area (Å²) in [6.07, 6.45) is 0. The third-order valence-electron chi connectivity index (χ3n) is 13.5. The summed E-state index contributed by atoms with van der Waals surface area (Å²) in [6, 6.07) is 102. The average Bonchev–Trinajstić information content (AvgIpc) is 3.71. The lowest BCUT2D eigenvalue weighted by Gasteiger charge is -2.35. The number of anilines is 6. The fourth-order valence-electron chi connectivity index (χ4n) is 10.5. The van der Waals surface area contributed by atoms with Gasteiger partial charge in [-0.15, -0.1) is 0 Å². The number of hydrogen-bond acceptors (Lipinski definition) is 2. The minimum absolute atomic E-state index is 0.507. The molecule has 0 aromatic heterocycles. The topological polar surface area (TPSA) is 6.48 Å². The zero-order chi connectivity index (χ0) is 44.6. The van der Waals surface area contributed by atoms with Crippen molar-refractivity contribution < 1.29 is 0 Å². The summed E-state index contributed by atoms with van der Waals surface area (Å²) in [5, 5.41) is 2.43. The maximum absolute atomic E-state index is 2.41. The predicted molar refractivity (Wildman–Crippen MR) is 281 cm³/mol. The quantitative estimate of drug-likeness (QED) is 0.135. The number of hydrogen-bond donors (Lipinski definition) is 0. The Morgan fingerprint density at radius 3 is 1.25 bits per heavy atom. The molecule has 316 valence electrons. The summed E-state index contributed by atoms with van der Waals surface area (Å²) in [5.74, 6) is 0. The molecule has 0 N–H and O–H groups in total.